The summed E-state index contributed by atoms with van der Waals surface area (Å²) in [5.74, 6) is 0. The van der Waals surface area contributed by atoms with Gasteiger partial charge in [-0.15, -0.1) is 0 Å². The summed E-state index contributed by atoms with van der Waals surface area (Å²) in [6, 6.07) is 18.2. The Morgan fingerprint density at radius 2 is 0.512 bits per heavy atom. The highest BCUT2D eigenvalue weighted by molar-refractivity contribution is 6.82. The van der Waals surface area contributed by atoms with E-state index in [9.17, 15) is 0 Å². The van der Waals surface area contributed by atoms with Crippen LogP contribution in [-0.2, 0) is 17.4 Å². The highest BCUT2D eigenvalue weighted by Crippen LogP contribution is 2.89. The van der Waals surface area contributed by atoms with Crippen molar-refractivity contribution in [1.82, 2.24) is 19.9 Å². The van der Waals surface area contributed by atoms with Gasteiger partial charge in [0.2, 0.25) is 0 Å². The van der Waals surface area contributed by atoms with Crippen LogP contribution in [0.25, 0.3) is 291 Å². The second kappa shape index (κ2) is 7.85. The number of likely N-dealkylation sites (tertiary alicyclic amines) is 1. The maximum absolute atomic E-state index is 5.81. The van der Waals surface area contributed by atoms with Gasteiger partial charge in [-0.25, -0.2) is 0 Å². The highest BCUT2D eigenvalue weighted by atomic mass is 15.3. The Bertz CT molecular complexity index is 7530. The lowest BCUT2D eigenvalue weighted by Gasteiger charge is -2.53. The van der Waals surface area contributed by atoms with Crippen molar-refractivity contribution in [3.63, 3.8) is 0 Å². The van der Waals surface area contributed by atoms with Gasteiger partial charge in [0, 0.05) is 31.3 Å². The molecule has 1 aliphatic heterocycles. The van der Waals surface area contributed by atoms with E-state index in [1.54, 1.807) is 313 Å². The average Bonchev–Trinajstić information content (AvgIpc) is 1.43. The number of hydrogen-bond acceptors (Lipinski definition) is 4. The minimum atomic E-state index is -0.588. The number of rotatable bonds is 4. The Kier molecular flexibility index (Phi) is 3.09. The van der Waals surface area contributed by atoms with E-state index in [1.165, 1.54) is 11.3 Å². The van der Waals surface area contributed by atoms with E-state index in [-0.39, 0.29) is 12.1 Å². The summed E-state index contributed by atoms with van der Waals surface area (Å²) in [6.45, 7) is 0.695. The fourth-order valence-corrected chi connectivity index (χ4v) is 27.8. The van der Waals surface area contributed by atoms with Crippen LogP contribution in [0.3, 0.4) is 0 Å². The molecule has 0 radical (unpaired) electrons. The summed E-state index contributed by atoms with van der Waals surface area (Å²) in [4.78, 5) is 19.1. The second-order valence-corrected chi connectivity index (χ2v) is 28.7. The number of pyridine rings is 3. The maximum atomic E-state index is 5.81. The highest BCUT2D eigenvalue weighted by Gasteiger charge is 2.80. The van der Waals surface area contributed by atoms with Gasteiger partial charge in [0.15, 0.2) is 0 Å². The summed E-state index contributed by atoms with van der Waals surface area (Å²) in [5.41, 5.74) is 9.19. The molecule has 4 heteroatoms. The van der Waals surface area contributed by atoms with Gasteiger partial charge < -0.3 is 0 Å². The Balaban J connectivity index is 1.05. The largest absolute Gasteiger partial charge is 0.279 e. The standard InChI is InChI=1S/C78H16N4/c1-3-9-80-15(5-1)13-82-75(14-7-11-79-12-8-14)77-71-63-55-45-35-27-19-17-18-21-25-23(19)31-39-33(25)43-37-29(21)30-22(18)26-24-20(17)28(27)36-42-32(24)40-34(26)44-38(30)48-47(37)57-51(43)61-53(39)59(49(55)41(31)35)65(71)69(61)73-67(57)68-58(48)52(44)62-54(40)60-50(42)56(46(36)45)64(63)72(77)66(60)70(62)74(68)78(73,77)76(82)16-6-2-4-10-81-16/h1-12,75-76H,13H2/t75-,76-,77?,78?/m0/s1. The molecule has 2 spiro atoms. The van der Waals surface area contributed by atoms with Gasteiger partial charge in [0.25, 0.3) is 0 Å². The summed E-state index contributed by atoms with van der Waals surface area (Å²) in [6.07, 6.45) is 8.41. The van der Waals surface area contributed by atoms with Crippen LogP contribution in [0, 0.1) is 0 Å². The molecule has 31 aromatic rings. The average molecular weight is 1010 g/mol. The summed E-state index contributed by atoms with van der Waals surface area (Å²) >= 11 is 0. The third-order valence-corrected chi connectivity index (χ3v) is 28.0. The van der Waals surface area contributed by atoms with Crippen LogP contribution < -0.4 is 0 Å². The molecule has 0 bridgehead atoms. The summed E-state index contributed by atoms with van der Waals surface area (Å²) in [7, 11) is 0. The zero-order chi connectivity index (χ0) is 49.3. The first-order chi connectivity index (χ1) is 40.9. The molecular weight excluding hydrogens is 993 g/mol. The minimum absolute atomic E-state index is 0.0970. The van der Waals surface area contributed by atoms with Crippen molar-refractivity contribution >= 4 is 291 Å². The first-order valence-electron chi connectivity index (χ1n) is 30.1. The molecule has 348 valence electrons. The Hall–Kier alpha value is -10.1. The number of aromatic nitrogens is 3. The van der Waals surface area contributed by atoms with Crippen LogP contribution >= 0.6 is 0 Å². The fourth-order valence-electron chi connectivity index (χ4n) is 27.8. The van der Waals surface area contributed by atoms with E-state index in [0.29, 0.717) is 6.54 Å². The van der Waals surface area contributed by atoms with E-state index in [4.69, 9.17) is 15.0 Å². The zero-order valence-corrected chi connectivity index (χ0v) is 42.1. The third kappa shape index (κ3) is 1.89. The molecule has 0 N–H and O–H groups in total. The molecule has 4 nitrogen and oxygen atoms in total. The van der Waals surface area contributed by atoms with Crippen LogP contribution in [-0.4, -0.2) is 19.9 Å². The van der Waals surface area contributed by atoms with Crippen molar-refractivity contribution < 1.29 is 0 Å². The van der Waals surface area contributed by atoms with Gasteiger partial charge in [-0.3, -0.25) is 19.9 Å². The molecule has 82 heavy (non-hydrogen) atoms. The maximum Gasteiger partial charge on any atom is 0.0682 e. The predicted molar refractivity (Wildman–Crippen MR) is 338 cm³/mol. The number of hydrogen-bond donors (Lipinski definition) is 0. The summed E-state index contributed by atoms with van der Waals surface area (Å²) in [5, 5.41) is 87.7. The van der Waals surface area contributed by atoms with Crippen molar-refractivity contribution in [1.29, 1.82) is 0 Å². The van der Waals surface area contributed by atoms with Gasteiger partial charge in [-0.05, 0) is 355 Å². The molecule has 0 unspecified atom stereocenters. The lowest BCUT2D eigenvalue weighted by Crippen LogP contribution is -2.52. The lowest BCUT2D eigenvalue weighted by molar-refractivity contribution is 0.160. The van der Waals surface area contributed by atoms with E-state index >= 15 is 0 Å². The van der Waals surface area contributed by atoms with E-state index in [0.717, 1.165) is 5.69 Å². The molecule has 36 rings (SSSR count). The molecule has 3 aromatic heterocycles. The van der Waals surface area contributed by atoms with Crippen molar-refractivity contribution in [2.45, 2.75) is 29.5 Å². The topological polar surface area (TPSA) is 41.9 Å². The normalized spacial score (nSPS) is 23.0. The quantitative estimate of drug-likeness (QED) is 0.165. The Morgan fingerprint density at radius 3 is 0.768 bits per heavy atom. The molecule has 0 amide bonds. The van der Waals surface area contributed by atoms with Crippen LogP contribution in [0.4, 0.5) is 0 Å². The zero-order valence-electron chi connectivity index (χ0n) is 42.1. The predicted octanol–water partition coefficient (Wildman–Crippen LogP) is 19.5. The van der Waals surface area contributed by atoms with Crippen molar-refractivity contribution in [2.24, 2.45) is 0 Å². The van der Waals surface area contributed by atoms with E-state index in [1.807, 2.05) is 6.20 Å². The molecule has 2 atom stereocenters. The van der Waals surface area contributed by atoms with E-state index in [2.05, 4.69) is 72.0 Å². The van der Waals surface area contributed by atoms with Gasteiger partial charge in [-0.2, -0.15) is 0 Å². The van der Waals surface area contributed by atoms with Crippen LogP contribution in [0.2, 0.25) is 0 Å². The molecule has 4 aliphatic carbocycles. The molecule has 1 saturated heterocycles. The van der Waals surface area contributed by atoms with Crippen LogP contribution in [0.1, 0.15) is 51.3 Å². The monoisotopic (exact) mass is 1010 g/mol. The van der Waals surface area contributed by atoms with Crippen molar-refractivity contribution in [2.75, 3.05) is 0 Å². The van der Waals surface area contributed by atoms with Crippen molar-refractivity contribution in [3.05, 3.63) is 113 Å². The fraction of sp³-hybridized carbons (Fsp3) is 0.0641. The van der Waals surface area contributed by atoms with Gasteiger partial charge in [0.05, 0.1) is 34.3 Å². The SMILES string of the molecule is c1ccc(CN2[C@@H](c3ccncc3)C34c5c6c7c8c9c%10c(c%11c%12c3c3c5c5c%13c6c6c7c7c9c9c%14c%10c%10c%11c%11c%12c%12c3c3c5c5c%13c%13c6c6c7c9c7c9c%14c%10c%10c%11c%11c%12c3c3c5c5c%13c6c7c6c9c%10c%11c3c56)C84[C@@H]2c2ccccn2)nc1. The van der Waals surface area contributed by atoms with Crippen LogP contribution in [0.5, 0.6) is 0 Å². The molecule has 5 aliphatic rings. The first kappa shape index (κ1) is 32.2. The molecule has 0 saturated carbocycles. The van der Waals surface area contributed by atoms with Crippen molar-refractivity contribution in [3.8, 4) is 0 Å². The second-order valence-electron chi connectivity index (χ2n) is 28.7. The van der Waals surface area contributed by atoms with Gasteiger partial charge in [0.1, 0.15) is 0 Å². The minimum Gasteiger partial charge on any atom is -0.279 e. The Labute approximate surface area is 450 Å². The Morgan fingerprint density at radius 1 is 0.256 bits per heavy atom. The number of benzene rings is 18. The third-order valence-electron chi connectivity index (χ3n) is 28.0. The van der Waals surface area contributed by atoms with Gasteiger partial charge >= 0.3 is 0 Å². The molecule has 28 aromatic carbocycles. The smallest absolute Gasteiger partial charge is 0.0682 e. The van der Waals surface area contributed by atoms with E-state index < -0.39 is 10.8 Å². The number of nitrogens with zero attached hydrogens (tertiary/aromatic N) is 4. The molecular formula is C78H16N4. The van der Waals surface area contributed by atoms with Crippen LogP contribution in [0.15, 0.2) is 73.3 Å². The lowest BCUT2D eigenvalue weighted by atomic mass is 9.45. The van der Waals surface area contributed by atoms with Gasteiger partial charge in [-0.1, -0.05) is 12.1 Å². The summed E-state index contributed by atoms with van der Waals surface area (Å²) < 4.78 is 0. The molecule has 4 heterocycles. The first-order valence-corrected chi connectivity index (χ1v) is 30.1. The molecule has 1 fully saturated rings.